The minimum Gasteiger partial charge on any atom is -0.204 e. The summed E-state index contributed by atoms with van der Waals surface area (Å²) in [6.07, 6.45) is 0. The van der Waals surface area contributed by atoms with Gasteiger partial charge in [-0.1, -0.05) is 23.5 Å². The van der Waals surface area contributed by atoms with Gasteiger partial charge in [-0.15, -0.1) is 0 Å². The molecule has 1 aliphatic heterocycles. The van der Waals surface area contributed by atoms with Crippen molar-refractivity contribution in [2.45, 2.75) is 9.79 Å². The quantitative estimate of drug-likeness (QED) is 0.651. The van der Waals surface area contributed by atoms with Crippen molar-refractivity contribution in [2.24, 2.45) is 0 Å². The normalized spacial score (nSPS) is 13.2. The van der Waals surface area contributed by atoms with Gasteiger partial charge < -0.3 is 0 Å². The van der Waals surface area contributed by atoms with Gasteiger partial charge in [0.25, 0.3) is 0 Å². The molecule has 9 heteroatoms. The van der Waals surface area contributed by atoms with Crippen LogP contribution in [0.15, 0.2) is 24.1 Å². The Hall–Kier alpha value is -1.13. The predicted octanol–water partition coefficient (Wildman–Crippen LogP) is 4.05. The van der Waals surface area contributed by atoms with Crippen LogP contribution in [-0.4, -0.2) is 8.75 Å². The SMILES string of the molecule is N#CC(C#N)=C1Sc2c(F)c(Br)c3nsnc3c2S1. The van der Waals surface area contributed by atoms with Crippen LogP contribution < -0.4 is 0 Å². The maximum Gasteiger partial charge on any atom is 0.154 e. The monoisotopic (exact) mass is 370 g/mol. The molecule has 0 radical (unpaired) electrons. The third-order valence-electron chi connectivity index (χ3n) is 2.33. The van der Waals surface area contributed by atoms with Crippen LogP contribution in [0.3, 0.4) is 0 Å². The number of benzene rings is 1. The Morgan fingerprint density at radius 2 is 1.74 bits per heavy atom. The van der Waals surface area contributed by atoms with E-state index in [1.54, 1.807) is 0 Å². The number of nitriles is 2. The summed E-state index contributed by atoms with van der Waals surface area (Å²) in [6, 6.07) is 3.63. The van der Waals surface area contributed by atoms with E-state index >= 15 is 0 Å². The molecule has 0 spiro atoms. The highest BCUT2D eigenvalue weighted by Gasteiger charge is 2.30. The summed E-state index contributed by atoms with van der Waals surface area (Å²) in [6.45, 7) is 0. The van der Waals surface area contributed by atoms with E-state index in [0.29, 0.717) is 25.1 Å². The van der Waals surface area contributed by atoms with Gasteiger partial charge in [0, 0.05) is 0 Å². The summed E-state index contributed by atoms with van der Waals surface area (Å²) in [5.74, 6) is -0.432. The van der Waals surface area contributed by atoms with E-state index in [1.165, 1.54) is 11.8 Å². The van der Waals surface area contributed by atoms with Crippen molar-refractivity contribution in [3.8, 4) is 12.1 Å². The van der Waals surface area contributed by atoms with Crippen LogP contribution in [0.1, 0.15) is 0 Å². The highest BCUT2D eigenvalue weighted by Crippen LogP contribution is 2.56. The highest BCUT2D eigenvalue weighted by atomic mass is 79.9. The Morgan fingerprint density at radius 1 is 1.11 bits per heavy atom. The topological polar surface area (TPSA) is 73.4 Å². The summed E-state index contributed by atoms with van der Waals surface area (Å²) in [5.41, 5.74) is 1.04. The Labute approximate surface area is 127 Å². The Morgan fingerprint density at radius 3 is 2.42 bits per heavy atom. The zero-order chi connectivity index (χ0) is 13.6. The van der Waals surface area contributed by atoms with Gasteiger partial charge in [-0.2, -0.15) is 19.3 Å². The highest BCUT2D eigenvalue weighted by molar-refractivity contribution is 9.10. The van der Waals surface area contributed by atoms with Crippen molar-refractivity contribution in [3.63, 3.8) is 0 Å². The van der Waals surface area contributed by atoms with E-state index < -0.39 is 5.82 Å². The molecule has 0 fully saturated rings. The van der Waals surface area contributed by atoms with Crippen LogP contribution in [0.4, 0.5) is 4.39 Å². The molecule has 0 saturated heterocycles. The van der Waals surface area contributed by atoms with Crippen LogP contribution in [-0.2, 0) is 0 Å². The number of halogens is 2. The molecule has 0 unspecified atom stereocenters. The van der Waals surface area contributed by atoms with Crippen molar-refractivity contribution >= 4 is 62.2 Å². The molecular formula is C10BrFN4S3. The summed E-state index contributed by atoms with van der Waals surface area (Å²) >= 11 is 6.44. The van der Waals surface area contributed by atoms with E-state index in [2.05, 4.69) is 24.7 Å². The van der Waals surface area contributed by atoms with Gasteiger partial charge in [-0.05, 0) is 15.9 Å². The lowest BCUT2D eigenvalue weighted by molar-refractivity contribution is 0.591. The Bertz CT molecular complexity index is 814. The van der Waals surface area contributed by atoms with Crippen LogP contribution in [0.5, 0.6) is 0 Å². The van der Waals surface area contributed by atoms with Crippen LogP contribution in [0.2, 0.25) is 0 Å². The van der Waals surface area contributed by atoms with Gasteiger partial charge in [0.05, 0.1) is 30.2 Å². The molecule has 0 amide bonds. The van der Waals surface area contributed by atoms with Gasteiger partial charge in [0.1, 0.15) is 28.7 Å². The fourth-order valence-corrected chi connectivity index (χ4v) is 5.32. The first-order valence-electron chi connectivity index (χ1n) is 4.70. The lowest BCUT2D eigenvalue weighted by Gasteiger charge is -2.01. The fourth-order valence-electron chi connectivity index (χ4n) is 1.50. The molecule has 0 aliphatic carbocycles. The molecule has 1 aliphatic rings. The lowest BCUT2D eigenvalue weighted by atomic mass is 10.3. The first-order chi connectivity index (χ1) is 9.17. The molecule has 4 nitrogen and oxygen atoms in total. The van der Waals surface area contributed by atoms with Crippen molar-refractivity contribution in [1.29, 1.82) is 10.5 Å². The van der Waals surface area contributed by atoms with Gasteiger partial charge in [0.2, 0.25) is 0 Å². The Balaban J connectivity index is 2.30. The first kappa shape index (κ1) is 12.9. The minimum atomic E-state index is -0.432. The van der Waals surface area contributed by atoms with E-state index in [9.17, 15) is 4.39 Å². The van der Waals surface area contributed by atoms with E-state index in [-0.39, 0.29) is 10.0 Å². The predicted molar refractivity (Wildman–Crippen MR) is 75.0 cm³/mol. The smallest absolute Gasteiger partial charge is 0.154 e. The lowest BCUT2D eigenvalue weighted by Crippen LogP contribution is -1.86. The molecule has 3 rings (SSSR count). The fraction of sp³-hybridized carbons (Fsp3) is 0. The maximum atomic E-state index is 14.2. The van der Waals surface area contributed by atoms with Gasteiger partial charge in [-0.25, -0.2) is 4.39 Å². The number of hydrogen-bond donors (Lipinski definition) is 0. The van der Waals surface area contributed by atoms with E-state index in [1.807, 2.05) is 12.1 Å². The standard InChI is InChI=1S/C10BrFN4S3/c11-4-5(12)8-9(7-6(4)15-19-16-7)18-10(17-8)3(1-13)2-14. The number of fused-ring (bicyclic) bond motifs is 3. The summed E-state index contributed by atoms with van der Waals surface area (Å²) in [5, 5.41) is 17.8. The molecule has 2 aromatic rings. The van der Waals surface area contributed by atoms with E-state index in [0.717, 1.165) is 23.5 Å². The Kier molecular flexibility index (Phi) is 3.23. The molecule has 1 aromatic carbocycles. The van der Waals surface area contributed by atoms with Crippen molar-refractivity contribution < 1.29 is 4.39 Å². The summed E-state index contributed by atoms with van der Waals surface area (Å²) in [4.78, 5) is 1.00. The van der Waals surface area contributed by atoms with Crippen molar-refractivity contribution in [3.05, 3.63) is 20.1 Å². The molecule has 1 aromatic heterocycles. The van der Waals surface area contributed by atoms with Crippen molar-refractivity contribution in [1.82, 2.24) is 8.75 Å². The van der Waals surface area contributed by atoms with Gasteiger partial charge in [-0.3, -0.25) is 0 Å². The first-order valence-corrected chi connectivity index (χ1v) is 7.86. The number of hydrogen-bond acceptors (Lipinski definition) is 7. The summed E-state index contributed by atoms with van der Waals surface area (Å²) < 4.78 is 23.2. The molecule has 19 heavy (non-hydrogen) atoms. The zero-order valence-corrected chi connectivity index (χ0v) is 12.8. The second-order valence-electron chi connectivity index (χ2n) is 3.34. The zero-order valence-electron chi connectivity index (χ0n) is 8.77. The minimum absolute atomic E-state index is 0.0157. The molecule has 0 bridgehead atoms. The van der Waals surface area contributed by atoms with Crippen LogP contribution in [0, 0.1) is 28.5 Å². The van der Waals surface area contributed by atoms with Crippen molar-refractivity contribution in [2.75, 3.05) is 0 Å². The number of thioether (sulfide) groups is 2. The molecular weight excluding hydrogens is 371 g/mol. The maximum absolute atomic E-state index is 14.2. The van der Waals surface area contributed by atoms with Crippen LogP contribution in [0.25, 0.3) is 11.0 Å². The van der Waals surface area contributed by atoms with Crippen LogP contribution >= 0.6 is 51.2 Å². The van der Waals surface area contributed by atoms with E-state index in [4.69, 9.17) is 10.5 Å². The van der Waals surface area contributed by atoms with Gasteiger partial charge in [0.15, 0.2) is 5.82 Å². The second kappa shape index (κ2) is 4.76. The largest absolute Gasteiger partial charge is 0.204 e. The molecule has 2 heterocycles. The molecule has 0 saturated carbocycles. The number of allylic oxidation sites excluding steroid dienone is 1. The second-order valence-corrected chi connectivity index (χ2v) is 6.96. The summed E-state index contributed by atoms with van der Waals surface area (Å²) in [7, 11) is 0. The third-order valence-corrected chi connectivity index (χ3v) is 6.18. The molecule has 0 atom stereocenters. The third kappa shape index (κ3) is 1.85. The average molecular weight is 371 g/mol. The number of aromatic nitrogens is 2. The van der Waals surface area contributed by atoms with Gasteiger partial charge >= 0.3 is 0 Å². The number of rotatable bonds is 0. The molecule has 92 valence electrons. The number of nitrogens with zero attached hydrogens (tertiary/aromatic N) is 4. The average Bonchev–Trinajstić information content (AvgIpc) is 3.03. The molecule has 0 N–H and O–H groups in total.